The maximum absolute atomic E-state index is 5.70. The quantitative estimate of drug-likeness (QED) is 0.864. The van der Waals surface area contributed by atoms with Crippen molar-refractivity contribution in [3.8, 4) is 0 Å². The topological polar surface area (TPSA) is 24.5 Å². The van der Waals surface area contributed by atoms with Crippen LogP contribution >= 0.6 is 0 Å². The Morgan fingerprint density at radius 2 is 2.06 bits per heavy atom. The molecule has 1 heterocycles. The number of anilines is 1. The minimum Gasteiger partial charge on any atom is -0.370 e. The van der Waals surface area contributed by atoms with E-state index < -0.39 is 0 Å². The Labute approximate surface area is 104 Å². The van der Waals surface area contributed by atoms with Gasteiger partial charge in [0.2, 0.25) is 0 Å². The summed E-state index contributed by atoms with van der Waals surface area (Å²) in [5.41, 5.74) is 1.10. The predicted octanol–water partition coefficient (Wildman–Crippen LogP) is 2.24. The largest absolute Gasteiger partial charge is 0.370 e. The highest BCUT2D eigenvalue weighted by atomic mass is 16.5. The van der Waals surface area contributed by atoms with Crippen LogP contribution in [-0.2, 0) is 4.74 Å². The Kier molecular flexibility index (Phi) is 3.69. The summed E-state index contributed by atoms with van der Waals surface area (Å²) in [5, 5.41) is 3.50. The fourth-order valence-electron chi connectivity index (χ4n) is 2.30. The zero-order chi connectivity index (χ0) is 12.3. The van der Waals surface area contributed by atoms with Gasteiger partial charge in [-0.15, -0.1) is 0 Å². The van der Waals surface area contributed by atoms with Gasteiger partial charge < -0.3 is 9.64 Å². The van der Waals surface area contributed by atoms with Crippen molar-refractivity contribution in [2.75, 3.05) is 24.6 Å². The van der Waals surface area contributed by atoms with E-state index in [1.54, 1.807) is 0 Å². The summed E-state index contributed by atoms with van der Waals surface area (Å²) in [6, 6.07) is 10.9. The first kappa shape index (κ1) is 12.4. The van der Waals surface area contributed by atoms with Crippen molar-refractivity contribution in [1.29, 1.82) is 0 Å². The number of hydrogen-bond donors (Lipinski definition) is 1. The molecule has 1 aromatic carbocycles. The normalized spacial score (nSPS) is 22.6. The molecule has 1 aliphatic heterocycles. The number of benzene rings is 1. The average Bonchev–Trinajstić information content (AvgIpc) is 2.67. The minimum atomic E-state index is -0.180. The van der Waals surface area contributed by atoms with Gasteiger partial charge in [0.1, 0.15) is 5.72 Å². The van der Waals surface area contributed by atoms with Gasteiger partial charge >= 0.3 is 0 Å². The van der Waals surface area contributed by atoms with Gasteiger partial charge in [-0.1, -0.05) is 18.2 Å². The Balaban J connectivity index is 1.97. The fourth-order valence-corrected chi connectivity index (χ4v) is 2.30. The van der Waals surface area contributed by atoms with Gasteiger partial charge in [-0.05, 0) is 32.9 Å². The molecule has 0 spiro atoms. The van der Waals surface area contributed by atoms with Crippen LogP contribution in [0.2, 0.25) is 0 Å². The van der Waals surface area contributed by atoms with Crippen LogP contribution in [0.4, 0.5) is 5.69 Å². The van der Waals surface area contributed by atoms with Crippen LogP contribution in [0.3, 0.4) is 0 Å². The van der Waals surface area contributed by atoms with Gasteiger partial charge in [-0.3, -0.25) is 5.32 Å². The summed E-state index contributed by atoms with van der Waals surface area (Å²) < 4.78 is 5.70. The van der Waals surface area contributed by atoms with Crippen LogP contribution in [0, 0.1) is 0 Å². The van der Waals surface area contributed by atoms with Crippen LogP contribution in [-0.4, -0.2) is 31.5 Å². The summed E-state index contributed by atoms with van der Waals surface area (Å²) in [6.45, 7) is 9.13. The summed E-state index contributed by atoms with van der Waals surface area (Å²) in [4.78, 5) is 2.38. The minimum absolute atomic E-state index is 0.180. The van der Waals surface area contributed by atoms with Crippen LogP contribution in [0.25, 0.3) is 0 Å². The fraction of sp³-hybridized carbons (Fsp3) is 0.571. The molecule has 1 saturated heterocycles. The first-order chi connectivity index (χ1) is 8.11. The highest BCUT2D eigenvalue weighted by molar-refractivity contribution is 5.46. The lowest BCUT2D eigenvalue weighted by Gasteiger charge is -2.27. The zero-order valence-corrected chi connectivity index (χ0v) is 10.9. The number of rotatable bonds is 4. The molecule has 1 aromatic rings. The van der Waals surface area contributed by atoms with E-state index in [9.17, 15) is 0 Å². The summed E-state index contributed by atoms with van der Waals surface area (Å²) in [7, 11) is 0. The molecule has 17 heavy (non-hydrogen) atoms. The van der Waals surface area contributed by atoms with Gasteiger partial charge in [-0.25, -0.2) is 0 Å². The standard InChI is InChI=1S/C14H22N2O/c1-4-16(13-8-6-5-7-9-13)10-12-11-17-14(2,3)15-12/h5-9,12,15H,4,10-11H2,1-3H3/t12-/m0/s1. The van der Waals surface area contributed by atoms with Crippen molar-refractivity contribution >= 4 is 5.69 Å². The molecule has 0 saturated carbocycles. The SMILES string of the molecule is CCN(C[C@H]1COC(C)(C)N1)c1ccccc1. The first-order valence-corrected chi connectivity index (χ1v) is 6.32. The molecule has 0 aromatic heterocycles. The molecule has 0 unspecified atom stereocenters. The summed E-state index contributed by atoms with van der Waals surface area (Å²) >= 11 is 0. The first-order valence-electron chi connectivity index (χ1n) is 6.32. The summed E-state index contributed by atoms with van der Waals surface area (Å²) in [6.07, 6.45) is 0. The van der Waals surface area contributed by atoms with Crippen molar-refractivity contribution in [3.63, 3.8) is 0 Å². The number of likely N-dealkylation sites (N-methyl/N-ethyl adjacent to an activating group) is 1. The maximum Gasteiger partial charge on any atom is 0.113 e. The number of nitrogens with zero attached hydrogens (tertiary/aromatic N) is 1. The molecule has 94 valence electrons. The predicted molar refractivity (Wildman–Crippen MR) is 71.3 cm³/mol. The van der Waals surface area contributed by atoms with Crippen molar-refractivity contribution < 1.29 is 4.74 Å². The van der Waals surface area contributed by atoms with E-state index in [0.717, 1.165) is 19.7 Å². The smallest absolute Gasteiger partial charge is 0.113 e. The molecule has 0 aliphatic carbocycles. The molecule has 1 N–H and O–H groups in total. The second-order valence-corrected chi connectivity index (χ2v) is 5.04. The van der Waals surface area contributed by atoms with E-state index in [4.69, 9.17) is 4.74 Å². The van der Waals surface area contributed by atoms with Crippen molar-refractivity contribution in [2.24, 2.45) is 0 Å². The number of para-hydroxylation sites is 1. The van der Waals surface area contributed by atoms with Gasteiger partial charge in [0.05, 0.1) is 12.6 Å². The molecule has 3 heteroatoms. The highest BCUT2D eigenvalue weighted by Crippen LogP contribution is 2.18. The van der Waals surface area contributed by atoms with Gasteiger partial charge in [0.25, 0.3) is 0 Å². The van der Waals surface area contributed by atoms with Crippen molar-refractivity contribution in [1.82, 2.24) is 5.32 Å². The molecule has 0 bridgehead atoms. The van der Waals surface area contributed by atoms with E-state index >= 15 is 0 Å². The third kappa shape index (κ3) is 3.20. The third-order valence-electron chi connectivity index (χ3n) is 3.14. The molecule has 1 fully saturated rings. The van der Waals surface area contributed by atoms with Crippen LogP contribution in [0.5, 0.6) is 0 Å². The zero-order valence-electron chi connectivity index (χ0n) is 10.9. The maximum atomic E-state index is 5.70. The Bertz CT molecular complexity index is 350. The molecule has 1 atom stereocenters. The average molecular weight is 234 g/mol. The highest BCUT2D eigenvalue weighted by Gasteiger charge is 2.31. The lowest BCUT2D eigenvalue weighted by molar-refractivity contribution is 0.0231. The van der Waals surface area contributed by atoms with Crippen LogP contribution in [0.15, 0.2) is 30.3 Å². The molecule has 3 nitrogen and oxygen atoms in total. The van der Waals surface area contributed by atoms with E-state index in [2.05, 4.69) is 61.3 Å². The van der Waals surface area contributed by atoms with Gasteiger partial charge in [0.15, 0.2) is 0 Å². The number of nitrogens with one attached hydrogen (secondary N) is 1. The lowest BCUT2D eigenvalue weighted by Crippen LogP contribution is -2.44. The van der Waals surface area contributed by atoms with Crippen LogP contribution < -0.4 is 10.2 Å². The van der Waals surface area contributed by atoms with Crippen molar-refractivity contribution in [3.05, 3.63) is 30.3 Å². The second-order valence-electron chi connectivity index (χ2n) is 5.04. The Morgan fingerprint density at radius 3 is 2.59 bits per heavy atom. The number of hydrogen-bond acceptors (Lipinski definition) is 3. The monoisotopic (exact) mass is 234 g/mol. The lowest BCUT2D eigenvalue weighted by atomic mass is 10.2. The van der Waals surface area contributed by atoms with Gasteiger partial charge in [0, 0.05) is 18.8 Å². The van der Waals surface area contributed by atoms with E-state index in [1.165, 1.54) is 5.69 Å². The Morgan fingerprint density at radius 1 is 1.35 bits per heavy atom. The number of ether oxygens (including phenoxy) is 1. The Hall–Kier alpha value is -1.06. The van der Waals surface area contributed by atoms with Crippen LogP contribution in [0.1, 0.15) is 20.8 Å². The van der Waals surface area contributed by atoms with E-state index in [0.29, 0.717) is 6.04 Å². The van der Waals surface area contributed by atoms with E-state index in [-0.39, 0.29) is 5.72 Å². The molecule has 1 aliphatic rings. The molecule has 0 radical (unpaired) electrons. The molecule has 0 amide bonds. The summed E-state index contributed by atoms with van der Waals surface area (Å²) in [5.74, 6) is 0. The molecular formula is C14H22N2O. The molecular weight excluding hydrogens is 212 g/mol. The second kappa shape index (κ2) is 5.07. The third-order valence-corrected chi connectivity index (χ3v) is 3.14. The van der Waals surface area contributed by atoms with Crippen molar-refractivity contribution in [2.45, 2.75) is 32.5 Å². The van der Waals surface area contributed by atoms with E-state index in [1.807, 2.05) is 0 Å². The molecule has 2 rings (SSSR count). The van der Waals surface area contributed by atoms with Gasteiger partial charge in [-0.2, -0.15) is 0 Å².